The third-order valence-corrected chi connectivity index (χ3v) is 5.00. The minimum Gasteiger partial charge on any atom is -0.329 e. The number of sulfonamides is 1. The molecule has 28 heavy (non-hydrogen) atoms. The van der Waals surface area contributed by atoms with Crippen LogP contribution in [0.5, 0.6) is 0 Å². The SMILES string of the molecule is Cc1cccc(NS(=O)(=O)Cc2ccc(Cc3noc(C(F)(F)F)n3)cc2)c1. The fraction of sp³-hybridized carbons (Fsp3) is 0.222. The maximum atomic E-state index is 12.5. The summed E-state index contributed by atoms with van der Waals surface area (Å²) in [6, 6.07) is 13.4. The van der Waals surface area contributed by atoms with Gasteiger partial charge in [0, 0.05) is 12.1 Å². The van der Waals surface area contributed by atoms with Gasteiger partial charge in [-0.3, -0.25) is 4.72 Å². The molecule has 0 radical (unpaired) electrons. The van der Waals surface area contributed by atoms with E-state index in [0.717, 1.165) is 5.56 Å². The first-order valence-corrected chi connectivity index (χ1v) is 9.81. The summed E-state index contributed by atoms with van der Waals surface area (Å²) in [7, 11) is -3.60. The maximum Gasteiger partial charge on any atom is 0.471 e. The highest BCUT2D eigenvalue weighted by atomic mass is 32.2. The minimum atomic E-state index is -4.69. The summed E-state index contributed by atoms with van der Waals surface area (Å²) in [5.41, 5.74) is 2.57. The third kappa shape index (κ3) is 5.32. The van der Waals surface area contributed by atoms with Crippen molar-refractivity contribution in [2.45, 2.75) is 25.3 Å². The minimum absolute atomic E-state index is 0.0359. The van der Waals surface area contributed by atoms with Gasteiger partial charge in [-0.15, -0.1) is 0 Å². The monoisotopic (exact) mass is 411 g/mol. The second-order valence-corrected chi connectivity index (χ2v) is 7.96. The van der Waals surface area contributed by atoms with Crippen LogP contribution in [0.3, 0.4) is 0 Å². The van der Waals surface area contributed by atoms with Crippen LogP contribution in [-0.2, 0) is 28.4 Å². The van der Waals surface area contributed by atoms with Crippen LogP contribution in [-0.4, -0.2) is 18.6 Å². The van der Waals surface area contributed by atoms with Gasteiger partial charge >= 0.3 is 12.1 Å². The Labute approximate surface area is 159 Å². The van der Waals surface area contributed by atoms with E-state index in [1.807, 2.05) is 13.0 Å². The fourth-order valence-electron chi connectivity index (χ4n) is 2.52. The van der Waals surface area contributed by atoms with Gasteiger partial charge in [-0.05, 0) is 35.7 Å². The van der Waals surface area contributed by atoms with Crippen LogP contribution in [0.15, 0.2) is 53.1 Å². The average Bonchev–Trinajstić information content (AvgIpc) is 3.05. The molecule has 6 nitrogen and oxygen atoms in total. The van der Waals surface area contributed by atoms with Crippen LogP contribution in [0.1, 0.15) is 28.4 Å². The maximum absolute atomic E-state index is 12.5. The molecule has 148 valence electrons. The quantitative estimate of drug-likeness (QED) is 0.664. The first-order valence-electron chi connectivity index (χ1n) is 8.15. The average molecular weight is 411 g/mol. The fourth-order valence-corrected chi connectivity index (χ4v) is 3.71. The van der Waals surface area contributed by atoms with Crippen LogP contribution in [0, 0.1) is 6.92 Å². The molecule has 0 saturated carbocycles. The van der Waals surface area contributed by atoms with Crippen LogP contribution < -0.4 is 4.72 Å². The lowest BCUT2D eigenvalue weighted by molar-refractivity contribution is -0.159. The zero-order valence-corrected chi connectivity index (χ0v) is 15.5. The zero-order valence-electron chi connectivity index (χ0n) is 14.7. The zero-order chi connectivity index (χ0) is 20.4. The molecule has 1 aromatic heterocycles. The van der Waals surface area contributed by atoms with Crippen molar-refractivity contribution in [1.82, 2.24) is 10.1 Å². The second-order valence-electron chi connectivity index (χ2n) is 6.24. The summed E-state index contributed by atoms with van der Waals surface area (Å²) < 4.78 is 68.7. The molecule has 0 unspecified atom stereocenters. The van der Waals surface area contributed by atoms with Gasteiger partial charge in [-0.1, -0.05) is 41.6 Å². The van der Waals surface area contributed by atoms with E-state index in [1.54, 1.807) is 42.5 Å². The molecule has 0 aliphatic heterocycles. The van der Waals surface area contributed by atoms with Gasteiger partial charge in [0.25, 0.3) is 0 Å². The van der Waals surface area contributed by atoms with E-state index < -0.39 is 22.1 Å². The van der Waals surface area contributed by atoms with Crippen LogP contribution in [0.25, 0.3) is 0 Å². The first kappa shape index (κ1) is 19.9. The molecule has 0 atom stereocenters. The Morgan fingerprint density at radius 1 is 1.07 bits per heavy atom. The van der Waals surface area contributed by atoms with E-state index in [4.69, 9.17) is 0 Å². The van der Waals surface area contributed by atoms with Crippen molar-refractivity contribution in [2.75, 3.05) is 4.72 Å². The number of alkyl halides is 3. The molecule has 1 heterocycles. The Bertz CT molecular complexity index is 1060. The van der Waals surface area contributed by atoms with Crippen molar-refractivity contribution in [2.24, 2.45) is 0 Å². The summed E-state index contributed by atoms with van der Waals surface area (Å²) in [6.07, 6.45) is -4.65. The smallest absolute Gasteiger partial charge is 0.329 e. The van der Waals surface area contributed by atoms with Crippen molar-refractivity contribution in [3.05, 3.63) is 76.9 Å². The van der Waals surface area contributed by atoms with Crippen molar-refractivity contribution in [1.29, 1.82) is 0 Å². The van der Waals surface area contributed by atoms with Crippen molar-refractivity contribution >= 4 is 15.7 Å². The molecule has 0 spiro atoms. The van der Waals surface area contributed by atoms with E-state index in [0.29, 0.717) is 16.8 Å². The molecular formula is C18H16F3N3O3S. The van der Waals surface area contributed by atoms with Crippen molar-refractivity contribution in [3.8, 4) is 0 Å². The lowest BCUT2D eigenvalue weighted by Crippen LogP contribution is -2.15. The topological polar surface area (TPSA) is 85.1 Å². The van der Waals surface area contributed by atoms with E-state index in [9.17, 15) is 21.6 Å². The van der Waals surface area contributed by atoms with Gasteiger partial charge in [0.2, 0.25) is 10.0 Å². The molecule has 10 heteroatoms. The van der Waals surface area contributed by atoms with Crippen LogP contribution in [0.4, 0.5) is 18.9 Å². The van der Waals surface area contributed by atoms with Gasteiger partial charge in [-0.2, -0.15) is 18.2 Å². The van der Waals surface area contributed by atoms with Crippen molar-refractivity contribution in [3.63, 3.8) is 0 Å². The normalized spacial score (nSPS) is 12.1. The summed E-state index contributed by atoms with van der Waals surface area (Å²) in [4.78, 5) is 3.30. The van der Waals surface area contributed by atoms with E-state index >= 15 is 0 Å². The molecule has 3 aromatic rings. The number of benzene rings is 2. The lowest BCUT2D eigenvalue weighted by Gasteiger charge is -2.09. The van der Waals surface area contributed by atoms with Crippen molar-refractivity contribution < 1.29 is 26.1 Å². The van der Waals surface area contributed by atoms with Crippen LogP contribution >= 0.6 is 0 Å². The Morgan fingerprint density at radius 2 is 1.75 bits per heavy atom. The molecule has 3 rings (SSSR count). The van der Waals surface area contributed by atoms with Gasteiger partial charge in [-0.25, -0.2) is 8.42 Å². The highest BCUT2D eigenvalue weighted by molar-refractivity contribution is 7.91. The van der Waals surface area contributed by atoms with Gasteiger partial charge in [0.15, 0.2) is 5.82 Å². The van der Waals surface area contributed by atoms with E-state index in [-0.39, 0.29) is 18.0 Å². The first-order chi connectivity index (χ1) is 13.1. The number of anilines is 1. The molecule has 0 fully saturated rings. The number of rotatable bonds is 6. The standard InChI is InChI=1S/C18H16F3N3O3S/c1-12-3-2-4-15(9-12)24-28(25,26)11-14-7-5-13(6-8-14)10-16-22-17(27-23-16)18(19,20)21/h2-9,24H,10-11H2,1H3. The predicted molar refractivity (Wildman–Crippen MR) is 96.0 cm³/mol. The van der Waals surface area contributed by atoms with E-state index in [1.165, 1.54) is 0 Å². The third-order valence-electron chi connectivity index (χ3n) is 3.74. The highest BCUT2D eigenvalue weighted by Gasteiger charge is 2.38. The Balaban J connectivity index is 1.64. The molecule has 0 aliphatic rings. The van der Waals surface area contributed by atoms with E-state index in [2.05, 4.69) is 19.4 Å². The number of aromatic nitrogens is 2. The number of hydrogen-bond donors (Lipinski definition) is 1. The molecule has 1 N–H and O–H groups in total. The summed E-state index contributed by atoms with van der Waals surface area (Å²) in [5, 5.41) is 3.30. The summed E-state index contributed by atoms with van der Waals surface area (Å²) in [6.45, 7) is 1.86. The molecule has 0 bridgehead atoms. The molecular weight excluding hydrogens is 395 g/mol. The number of hydrogen-bond acceptors (Lipinski definition) is 5. The summed E-state index contributed by atoms with van der Waals surface area (Å²) >= 11 is 0. The molecule has 0 amide bonds. The number of nitrogens with one attached hydrogen (secondary N) is 1. The largest absolute Gasteiger partial charge is 0.471 e. The molecule has 2 aromatic carbocycles. The molecule has 0 aliphatic carbocycles. The Kier molecular flexibility index (Phi) is 5.41. The lowest BCUT2D eigenvalue weighted by atomic mass is 10.1. The predicted octanol–water partition coefficient (Wildman–Crippen LogP) is 3.93. The molecule has 0 saturated heterocycles. The van der Waals surface area contributed by atoms with Crippen LogP contribution in [0.2, 0.25) is 0 Å². The number of halogens is 3. The second kappa shape index (κ2) is 7.63. The van der Waals surface area contributed by atoms with Gasteiger partial charge in [0.05, 0.1) is 5.75 Å². The van der Waals surface area contributed by atoms with Gasteiger partial charge in [0.1, 0.15) is 0 Å². The van der Waals surface area contributed by atoms with Gasteiger partial charge < -0.3 is 4.52 Å². The Morgan fingerprint density at radius 3 is 2.36 bits per heavy atom. The summed E-state index contributed by atoms with van der Waals surface area (Å²) in [5.74, 6) is -1.73. The number of nitrogens with zero attached hydrogens (tertiary/aromatic N) is 2. The number of aryl methyl sites for hydroxylation is 1. The highest BCUT2D eigenvalue weighted by Crippen LogP contribution is 2.27. The Hall–Kier alpha value is -2.88.